The number of hydrogen-bond acceptors (Lipinski definition) is 4. The van der Waals surface area contributed by atoms with E-state index in [1.54, 1.807) is 18.5 Å². The van der Waals surface area contributed by atoms with Crippen LogP contribution in [-0.4, -0.2) is 15.0 Å². The molecule has 0 atom stereocenters. The Labute approximate surface area is 117 Å². The number of nitrogen functional groups attached to an aromatic ring is 1. The van der Waals surface area contributed by atoms with E-state index < -0.39 is 0 Å². The van der Waals surface area contributed by atoms with Crippen LogP contribution in [0.3, 0.4) is 0 Å². The average molecular weight is 262 g/mol. The van der Waals surface area contributed by atoms with Gasteiger partial charge in [0.2, 0.25) is 0 Å². The summed E-state index contributed by atoms with van der Waals surface area (Å²) in [5.41, 5.74) is 9.74. The van der Waals surface area contributed by atoms with Crippen LogP contribution in [0.5, 0.6) is 0 Å². The Hall–Kier alpha value is -2.75. The van der Waals surface area contributed by atoms with Gasteiger partial charge in [-0.2, -0.15) is 0 Å². The van der Waals surface area contributed by atoms with Gasteiger partial charge in [-0.3, -0.25) is 4.98 Å². The van der Waals surface area contributed by atoms with Gasteiger partial charge in [0, 0.05) is 29.6 Å². The summed E-state index contributed by atoms with van der Waals surface area (Å²) in [5, 5.41) is 0. The van der Waals surface area contributed by atoms with Gasteiger partial charge in [0.1, 0.15) is 5.82 Å². The van der Waals surface area contributed by atoms with Gasteiger partial charge in [-0.15, -0.1) is 0 Å². The van der Waals surface area contributed by atoms with Gasteiger partial charge in [0.05, 0.1) is 5.69 Å². The van der Waals surface area contributed by atoms with Gasteiger partial charge < -0.3 is 5.73 Å². The Kier molecular flexibility index (Phi) is 3.13. The lowest BCUT2D eigenvalue weighted by Crippen LogP contribution is -1.99. The van der Waals surface area contributed by atoms with Crippen molar-refractivity contribution >= 4 is 5.82 Å². The highest BCUT2D eigenvalue weighted by molar-refractivity contribution is 5.67. The molecule has 0 spiro atoms. The fourth-order valence-electron chi connectivity index (χ4n) is 2.07. The topological polar surface area (TPSA) is 64.7 Å². The van der Waals surface area contributed by atoms with Gasteiger partial charge in [-0.1, -0.05) is 30.3 Å². The minimum Gasteiger partial charge on any atom is -0.384 e. The molecule has 2 N–H and O–H groups in total. The highest BCUT2D eigenvalue weighted by Gasteiger charge is 2.09. The van der Waals surface area contributed by atoms with Crippen LogP contribution < -0.4 is 5.73 Å². The molecule has 0 radical (unpaired) electrons. The van der Waals surface area contributed by atoms with Crippen molar-refractivity contribution in [2.24, 2.45) is 0 Å². The number of aryl methyl sites for hydroxylation is 1. The maximum atomic E-state index is 5.92. The van der Waals surface area contributed by atoms with Crippen LogP contribution in [0.4, 0.5) is 5.82 Å². The van der Waals surface area contributed by atoms with E-state index in [9.17, 15) is 0 Å². The summed E-state index contributed by atoms with van der Waals surface area (Å²) in [6.45, 7) is 1.98. The molecule has 1 aromatic carbocycles. The summed E-state index contributed by atoms with van der Waals surface area (Å²) in [7, 11) is 0. The third kappa shape index (κ3) is 2.36. The quantitative estimate of drug-likeness (QED) is 0.770. The monoisotopic (exact) mass is 262 g/mol. The van der Waals surface area contributed by atoms with Crippen molar-refractivity contribution in [3.8, 4) is 22.6 Å². The SMILES string of the molecule is Cc1cnccc1-c1nc(N)cc(-c2ccccc2)n1. The highest BCUT2D eigenvalue weighted by Crippen LogP contribution is 2.24. The number of aromatic nitrogens is 3. The van der Waals surface area contributed by atoms with Crippen LogP contribution in [0.15, 0.2) is 54.9 Å². The Morgan fingerprint density at radius 2 is 1.80 bits per heavy atom. The van der Waals surface area contributed by atoms with E-state index in [4.69, 9.17) is 5.73 Å². The summed E-state index contributed by atoms with van der Waals surface area (Å²) in [4.78, 5) is 13.0. The van der Waals surface area contributed by atoms with E-state index in [-0.39, 0.29) is 0 Å². The van der Waals surface area contributed by atoms with Crippen molar-refractivity contribution in [3.05, 3.63) is 60.4 Å². The summed E-state index contributed by atoms with van der Waals surface area (Å²) in [6, 6.07) is 13.6. The lowest BCUT2D eigenvalue weighted by Gasteiger charge is -2.07. The number of nitrogens with two attached hydrogens (primary N) is 1. The fourth-order valence-corrected chi connectivity index (χ4v) is 2.07. The Balaban J connectivity index is 2.15. The normalized spacial score (nSPS) is 10.4. The molecule has 0 aliphatic heterocycles. The van der Waals surface area contributed by atoms with Crippen molar-refractivity contribution in [2.75, 3.05) is 5.73 Å². The molecule has 0 saturated heterocycles. The van der Waals surface area contributed by atoms with E-state index in [2.05, 4.69) is 15.0 Å². The second kappa shape index (κ2) is 5.09. The molecule has 4 nitrogen and oxygen atoms in total. The maximum Gasteiger partial charge on any atom is 0.162 e. The second-order valence-corrected chi connectivity index (χ2v) is 4.56. The van der Waals surface area contributed by atoms with Crippen LogP contribution in [0.25, 0.3) is 22.6 Å². The van der Waals surface area contributed by atoms with E-state index in [1.165, 1.54) is 0 Å². The predicted octanol–water partition coefficient (Wildman–Crippen LogP) is 3.10. The Morgan fingerprint density at radius 1 is 1.00 bits per heavy atom. The van der Waals surface area contributed by atoms with Gasteiger partial charge in [-0.25, -0.2) is 9.97 Å². The zero-order chi connectivity index (χ0) is 13.9. The van der Waals surface area contributed by atoms with Crippen LogP contribution in [-0.2, 0) is 0 Å². The second-order valence-electron chi connectivity index (χ2n) is 4.56. The zero-order valence-electron chi connectivity index (χ0n) is 11.1. The van der Waals surface area contributed by atoms with Crippen LogP contribution in [0.2, 0.25) is 0 Å². The van der Waals surface area contributed by atoms with Gasteiger partial charge >= 0.3 is 0 Å². The van der Waals surface area contributed by atoms with Crippen molar-refractivity contribution in [2.45, 2.75) is 6.92 Å². The molecule has 3 rings (SSSR count). The highest BCUT2D eigenvalue weighted by atomic mass is 14.9. The molecule has 20 heavy (non-hydrogen) atoms. The minimum absolute atomic E-state index is 0.463. The largest absolute Gasteiger partial charge is 0.384 e. The maximum absolute atomic E-state index is 5.92. The van der Waals surface area contributed by atoms with E-state index in [0.717, 1.165) is 22.4 Å². The summed E-state index contributed by atoms with van der Waals surface area (Å²) in [6.07, 6.45) is 3.53. The van der Waals surface area contributed by atoms with Crippen molar-refractivity contribution < 1.29 is 0 Å². The Bertz CT molecular complexity index is 738. The molecule has 0 amide bonds. The van der Waals surface area contributed by atoms with Crippen LogP contribution >= 0.6 is 0 Å². The van der Waals surface area contributed by atoms with Crippen molar-refractivity contribution in [1.29, 1.82) is 0 Å². The molecule has 0 aliphatic carbocycles. The van der Waals surface area contributed by atoms with Crippen molar-refractivity contribution in [1.82, 2.24) is 15.0 Å². The van der Waals surface area contributed by atoms with Gasteiger partial charge in [0.15, 0.2) is 5.82 Å². The number of hydrogen-bond donors (Lipinski definition) is 1. The number of benzene rings is 1. The lowest BCUT2D eigenvalue weighted by atomic mass is 10.1. The smallest absolute Gasteiger partial charge is 0.162 e. The van der Waals surface area contributed by atoms with E-state index in [1.807, 2.05) is 43.3 Å². The lowest BCUT2D eigenvalue weighted by molar-refractivity contribution is 1.16. The molecule has 4 heteroatoms. The van der Waals surface area contributed by atoms with E-state index in [0.29, 0.717) is 11.6 Å². The number of pyridine rings is 1. The minimum atomic E-state index is 0.463. The molecular weight excluding hydrogens is 248 g/mol. The summed E-state index contributed by atoms with van der Waals surface area (Å²) < 4.78 is 0. The number of anilines is 1. The first-order valence-corrected chi connectivity index (χ1v) is 6.35. The first-order chi connectivity index (χ1) is 9.74. The summed E-state index contributed by atoms with van der Waals surface area (Å²) >= 11 is 0. The third-order valence-corrected chi connectivity index (χ3v) is 3.08. The number of rotatable bonds is 2. The molecule has 98 valence electrons. The Morgan fingerprint density at radius 3 is 2.55 bits per heavy atom. The molecule has 0 aliphatic rings. The van der Waals surface area contributed by atoms with Gasteiger partial charge in [-0.05, 0) is 18.6 Å². The molecule has 2 aromatic heterocycles. The van der Waals surface area contributed by atoms with E-state index >= 15 is 0 Å². The first kappa shape index (κ1) is 12.3. The molecule has 2 heterocycles. The first-order valence-electron chi connectivity index (χ1n) is 6.35. The van der Waals surface area contributed by atoms with Crippen molar-refractivity contribution in [3.63, 3.8) is 0 Å². The molecule has 0 bridgehead atoms. The van der Waals surface area contributed by atoms with Crippen LogP contribution in [0.1, 0.15) is 5.56 Å². The predicted molar refractivity (Wildman–Crippen MR) is 79.8 cm³/mol. The number of nitrogens with zero attached hydrogens (tertiary/aromatic N) is 3. The van der Waals surface area contributed by atoms with Crippen LogP contribution in [0, 0.1) is 6.92 Å². The van der Waals surface area contributed by atoms with Gasteiger partial charge in [0.25, 0.3) is 0 Å². The summed E-state index contributed by atoms with van der Waals surface area (Å²) in [5.74, 6) is 1.09. The standard InChI is InChI=1S/C16H14N4/c1-11-10-18-8-7-13(11)16-19-14(9-15(17)20-16)12-5-3-2-4-6-12/h2-10H,1H3,(H2,17,19,20). The molecule has 3 aromatic rings. The molecule has 0 fully saturated rings. The molecule has 0 unspecified atom stereocenters. The molecule has 0 saturated carbocycles. The fraction of sp³-hybridized carbons (Fsp3) is 0.0625. The molecular formula is C16H14N4. The third-order valence-electron chi connectivity index (χ3n) is 3.08. The average Bonchev–Trinajstić information content (AvgIpc) is 2.48. The zero-order valence-corrected chi connectivity index (χ0v) is 11.1.